The second-order valence-corrected chi connectivity index (χ2v) is 3.08. The van der Waals surface area contributed by atoms with Crippen LogP contribution in [0.3, 0.4) is 0 Å². The maximum atomic E-state index is 7.07. The molecule has 0 saturated heterocycles. The van der Waals surface area contributed by atoms with Gasteiger partial charge in [-0.25, -0.2) is 0 Å². The summed E-state index contributed by atoms with van der Waals surface area (Å²) in [6, 6.07) is 8.09. The van der Waals surface area contributed by atoms with E-state index in [4.69, 9.17) is 5.41 Å². The Balaban J connectivity index is 0.00000144. The van der Waals surface area contributed by atoms with Gasteiger partial charge in [-0.1, -0.05) is 24.3 Å². The summed E-state index contributed by atoms with van der Waals surface area (Å²) in [4.78, 5) is 0. The van der Waals surface area contributed by atoms with Crippen molar-refractivity contribution in [3.8, 4) is 0 Å². The SMILES string of the molecule is Cc1ccccc1CNC(=N)S.[NaH]. The van der Waals surface area contributed by atoms with E-state index < -0.39 is 0 Å². The molecule has 0 aliphatic heterocycles. The van der Waals surface area contributed by atoms with E-state index in [1.54, 1.807) is 0 Å². The van der Waals surface area contributed by atoms with Crippen molar-refractivity contribution in [3.05, 3.63) is 35.4 Å². The Kier molecular flexibility index (Phi) is 6.51. The predicted molar refractivity (Wildman–Crippen MR) is 61.9 cm³/mol. The Morgan fingerprint density at radius 1 is 1.46 bits per heavy atom. The molecule has 1 aromatic rings. The minimum atomic E-state index is 0. The van der Waals surface area contributed by atoms with Crippen molar-refractivity contribution in [1.82, 2.24) is 5.32 Å². The van der Waals surface area contributed by atoms with Crippen LogP contribution in [0.5, 0.6) is 0 Å². The van der Waals surface area contributed by atoms with Crippen LogP contribution < -0.4 is 5.32 Å². The van der Waals surface area contributed by atoms with Crippen molar-refractivity contribution in [1.29, 1.82) is 5.41 Å². The van der Waals surface area contributed by atoms with Gasteiger partial charge >= 0.3 is 29.6 Å². The van der Waals surface area contributed by atoms with Gasteiger partial charge in [-0.2, -0.15) is 0 Å². The van der Waals surface area contributed by atoms with E-state index in [-0.39, 0.29) is 34.7 Å². The average Bonchev–Trinajstić information content (AvgIpc) is 2.03. The summed E-state index contributed by atoms with van der Waals surface area (Å²) < 4.78 is 0. The standard InChI is InChI=1S/C9H12N2S.Na.H/c1-7-4-2-3-5-8(7)6-11-9(10)12;;/h2-5H,6H2,1H3,(H3,10,11,12);;. The second kappa shape index (κ2) is 6.49. The van der Waals surface area contributed by atoms with Gasteiger partial charge in [0.2, 0.25) is 0 Å². The zero-order valence-corrected chi connectivity index (χ0v) is 7.86. The Bertz CT molecular complexity index is 289. The summed E-state index contributed by atoms with van der Waals surface area (Å²) in [6.07, 6.45) is 0. The predicted octanol–water partition coefficient (Wildman–Crippen LogP) is 1.30. The third-order valence-corrected chi connectivity index (χ3v) is 1.87. The van der Waals surface area contributed by atoms with Crippen molar-refractivity contribution >= 4 is 47.4 Å². The molecule has 4 heteroatoms. The summed E-state index contributed by atoms with van der Waals surface area (Å²) in [7, 11) is 0. The fourth-order valence-electron chi connectivity index (χ4n) is 0.987. The zero-order valence-electron chi connectivity index (χ0n) is 6.96. The summed E-state index contributed by atoms with van der Waals surface area (Å²) >= 11 is 3.83. The van der Waals surface area contributed by atoms with Crippen LogP contribution in [-0.4, -0.2) is 34.7 Å². The minimum absolute atomic E-state index is 0. The normalized spacial score (nSPS) is 8.77. The van der Waals surface area contributed by atoms with E-state index in [0.29, 0.717) is 6.54 Å². The van der Waals surface area contributed by atoms with Crippen LogP contribution in [0, 0.1) is 12.3 Å². The first-order valence-corrected chi connectivity index (χ1v) is 4.21. The number of aryl methyl sites for hydroxylation is 1. The molecule has 2 nitrogen and oxygen atoms in total. The molecule has 1 aromatic carbocycles. The summed E-state index contributed by atoms with van der Waals surface area (Å²) in [6.45, 7) is 2.73. The first-order valence-electron chi connectivity index (χ1n) is 3.76. The third-order valence-electron chi connectivity index (χ3n) is 1.71. The van der Waals surface area contributed by atoms with Crippen molar-refractivity contribution in [2.75, 3.05) is 0 Å². The third kappa shape index (κ3) is 4.72. The number of benzene rings is 1. The first kappa shape index (κ1) is 13.0. The van der Waals surface area contributed by atoms with Gasteiger partial charge in [0.1, 0.15) is 0 Å². The summed E-state index contributed by atoms with van der Waals surface area (Å²) in [5, 5.41) is 10.1. The molecule has 0 saturated carbocycles. The number of hydrogen-bond acceptors (Lipinski definition) is 1. The number of hydrogen-bond donors (Lipinski definition) is 3. The molecular weight excluding hydrogens is 191 g/mol. The van der Waals surface area contributed by atoms with Gasteiger partial charge in [-0.05, 0) is 18.1 Å². The van der Waals surface area contributed by atoms with E-state index in [0.717, 1.165) is 0 Å². The molecule has 13 heavy (non-hydrogen) atoms. The van der Waals surface area contributed by atoms with E-state index in [1.807, 2.05) is 18.2 Å². The monoisotopic (exact) mass is 204 g/mol. The molecule has 0 spiro atoms. The average molecular weight is 204 g/mol. The van der Waals surface area contributed by atoms with Crippen molar-refractivity contribution < 1.29 is 0 Å². The molecular formula is C9H13N2NaS. The molecule has 0 aromatic heterocycles. The second-order valence-electron chi connectivity index (χ2n) is 2.63. The van der Waals surface area contributed by atoms with Crippen LogP contribution in [-0.2, 0) is 6.54 Å². The molecule has 0 atom stereocenters. The van der Waals surface area contributed by atoms with Crippen molar-refractivity contribution in [2.45, 2.75) is 13.5 Å². The van der Waals surface area contributed by atoms with Gasteiger partial charge in [0.25, 0.3) is 0 Å². The number of nitrogens with one attached hydrogen (secondary N) is 2. The molecule has 0 radical (unpaired) electrons. The van der Waals surface area contributed by atoms with E-state index in [2.05, 4.69) is 30.9 Å². The van der Waals surface area contributed by atoms with E-state index >= 15 is 0 Å². The topological polar surface area (TPSA) is 35.9 Å². The molecule has 66 valence electrons. The van der Waals surface area contributed by atoms with Crippen LogP contribution in [0.4, 0.5) is 0 Å². The van der Waals surface area contributed by atoms with Crippen LogP contribution in [0.2, 0.25) is 0 Å². The molecule has 0 heterocycles. The summed E-state index contributed by atoms with van der Waals surface area (Å²) in [5.74, 6) is 0. The quantitative estimate of drug-likeness (QED) is 0.289. The maximum absolute atomic E-state index is 7.07. The van der Waals surface area contributed by atoms with Crippen molar-refractivity contribution in [3.63, 3.8) is 0 Å². The van der Waals surface area contributed by atoms with Crippen LogP contribution in [0.25, 0.3) is 0 Å². The van der Waals surface area contributed by atoms with Gasteiger partial charge in [0.15, 0.2) is 5.17 Å². The molecule has 0 bridgehead atoms. The molecule has 0 fully saturated rings. The van der Waals surface area contributed by atoms with Crippen LogP contribution >= 0.6 is 12.6 Å². The van der Waals surface area contributed by atoms with E-state index in [1.165, 1.54) is 11.1 Å². The molecule has 0 amide bonds. The summed E-state index contributed by atoms with van der Waals surface area (Å²) in [5.41, 5.74) is 2.44. The molecule has 2 N–H and O–H groups in total. The fraction of sp³-hybridized carbons (Fsp3) is 0.222. The number of thiol groups is 1. The Labute approximate surface area is 106 Å². The molecule has 0 aliphatic carbocycles. The Morgan fingerprint density at radius 2 is 2.08 bits per heavy atom. The van der Waals surface area contributed by atoms with Gasteiger partial charge in [-0.15, -0.1) is 12.6 Å². The Hall–Kier alpha value is 0.0400. The number of rotatable bonds is 2. The van der Waals surface area contributed by atoms with Crippen LogP contribution in [0.15, 0.2) is 24.3 Å². The molecule has 0 aliphatic rings. The number of amidine groups is 1. The van der Waals surface area contributed by atoms with Crippen LogP contribution in [0.1, 0.15) is 11.1 Å². The first-order chi connectivity index (χ1) is 5.70. The van der Waals surface area contributed by atoms with Gasteiger partial charge in [-0.3, -0.25) is 5.41 Å². The van der Waals surface area contributed by atoms with Gasteiger partial charge in [0.05, 0.1) is 0 Å². The van der Waals surface area contributed by atoms with E-state index in [9.17, 15) is 0 Å². The zero-order chi connectivity index (χ0) is 8.97. The van der Waals surface area contributed by atoms with Gasteiger partial charge < -0.3 is 5.32 Å². The molecule has 1 rings (SSSR count). The van der Waals surface area contributed by atoms with Crippen molar-refractivity contribution in [2.24, 2.45) is 0 Å². The van der Waals surface area contributed by atoms with Gasteiger partial charge in [0, 0.05) is 6.54 Å². The molecule has 0 unspecified atom stereocenters. The fourth-order valence-corrected chi connectivity index (χ4v) is 1.07. The Morgan fingerprint density at radius 3 is 2.62 bits per heavy atom.